The number of benzene rings is 10. The van der Waals surface area contributed by atoms with Crippen LogP contribution in [-0.2, 0) is 0 Å². The Labute approximate surface area is 338 Å². The number of aromatic nitrogens is 2. The topological polar surface area (TPSA) is 38.9 Å². The molecule has 2 heterocycles. The summed E-state index contributed by atoms with van der Waals surface area (Å²) in [5.74, 6) is 0.666. The molecule has 0 saturated heterocycles. The van der Waals surface area contributed by atoms with Crippen molar-refractivity contribution in [1.29, 1.82) is 0 Å². The highest BCUT2D eigenvalue weighted by Gasteiger charge is 2.20. The van der Waals surface area contributed by atoms with Crippen LogP contribution < -0.4 is 0 Å². The van der Waals surface area contributed by atoms with Gasteiger partial charge in [0, 0.05) is 27.5 Å². The fraction of sp³-hybridized carbons (Fsp3) is 0. The van der Waals surface area contributed by atoms with Crippen LogP contribution in [0.4, 0.5) is 0 Å². The normalized spacial score (nSPS) is 12.1. The first-order chi connectivity index (χ1) is 29.2. The van der Waals surface area contributed by atoms with E-state index in [4.69, 9.17) is 14.4 Å². The SMILES string of the molecule is c1ccc(-c2nc(-c3ccccc3-c3cc4ccc5cccc6c7cccc8ccc9cccc(c(c3)c4c56)c9c87)cc(-c3cccc4c3oc3ccccc34)n2)cc1. The molecular weight excluding hydrogens is 717 g/mol. The lowest BCUT2D eigenvalue weighted by atomic mass is 9.86. The Morgan fingerprint density at radius 2 is 0.814 bits per heavy atom. The van der Waals surface area contributed by atoms with E-state index < -0.39 is 0 Å². The van der Waals surface area contributed by atoms with Gasteiger partial charge in [-0.25, -0.2) is 9.97 Å². The molecule has 0 aliphatic rings. The first kappa shape index (κ1) is 32.2. The second-order valence-corrected chi connectivity index (χ2v) is 15.6. The fourth-order valence-corrected chi connectivity index (χ4v) is 9.79. The number of para-hydroxylation sites is 2. The molecule has 2 aromatic heterocycles. The van der Waals surface area contributed by atoms with E-state index in [0.29, 0.717) is 5.82 Å². The third-order valence-electron chi connectivity index (χ3n) is 12.4. The molecule has 0 aliphatic carbocycles. The zero-order valence-electron chi connectivity index (χ0n) is 31.8. The van der Waals surface area contributed by atoms with E-state index in [2.05, 4.69) is 164 Å². The lowest BCUT2D eigenvalue weighted by Crippen LogP contribution is -1.97. The van der Waals surface area contributed by atoms with Gasteiger partial charge in [0.05, 0.1) is 11.4 Å². The predicted octanol–water partition coefficient (Wildman–Crippen LogP) is 15.4. The Morgan fingerprint density at radius 1 is 0.305 bits per heavy atom. The van der Waals surface area contributed by atoms with Crippen LogP contribution in [-0.4, -0.2) is 9.97 Å². The molecule has 0 amide bonds. The third-order valence-corrected chi connectivity index (χ3v) is 12.4. The molecule has 0 atom stereocenters. The molecule has 3 heteroatoms. The Morgan fingerprint density at radius 3 is 1.53 bits per heavy atom. The maximum atomic E-state index is 6.55. The largest absolute Gasteiger partial charge is 0.455 e. The first-order valence-corrected chi connectivity index (χ1v) is 20.1. The lowest BCUT2D eigenvalue weighted by molar-refractivity contribution is 0.670. The van der Waals surface area contributed by atoms with Gasteiger partial charge in [-0.15, -0.1) is 0 Å². The highest BCUT2D eigenvalue weighted by molar-refractivity contribution is 6.37. The highest BCUT2D eigenvalue weighted by Crippen LogP contribution is 2.46. The van der Waals surface area contributed by atoms with Gasteiger partial charge in [-0.1, -0.05) is 164 Å². The van der Waals surface area contributed by atoms with Crippen LogP contribution in [0.5, 0.6) is 0 Å². The molecular formula is C56H32N2O. The average Bonchev–Trinajstić information content (AvgIpc) is 3.69. The standard InChI is InChI=1S/C56H32N2O/c1-2-12-36(13-3-1)56-57-48(32-49(58-56)46-24-11-23-45-41-19-6-7-25-50(41)59-55(45)46)40-18-5-4-17-39(40)38-30-37-29-28-35-15-9-21-43-42-20-8-14-33-26-27-34-16-10-22-44(53(34)51(33)42)47(31-38)54(37)52(35)43/h1-32H. The van der Waals surface area contributed by atoms with E-state index in [0.717, 1.165) is 61.1 Å². The number of furan rings is 1. The van der Waals surface area contributed by atoms with Crippen molar-refractivity contribution in [2.75, 3.05) is 0 Å². The van der Waals surface area contributed by atoms with E-state index >= 15 is 0 Å². The van der Waals surface area contributed by atoms with Gasteiger partial charge in [0.25, 0.3) is 0 Å². The Kier molecular flexibility index (Phi) is 6.72. The minimum absolute atomic E-state index is 0.666. The Balaban J connectivity index is 1.11. The molecule has 0 aliphatic heterocycles. The summed E-state index contributed by atoms with van der Waals surface area (Å²) in [6, 6.07) is 69.8. The Bertz CT molecular complexity index is 3840. The minimum atomic E-state index is 0.666. The molecule has 0 unspecified atom stereocenters. The van der Waals surface area contributed by atoms with Crippen molar-refractivity contribution in [3.8, 4) is 45.0 Å². The molecule has 272 valence electrons. The van der Waals surface area contributed by atoms with E-state index in [9.17, 15) is 0 Å². The van der Waals surface area contributed by atoms with Crippen molar-refractivity contribution < 1.29 is 4.42 Å². The van der Waals surface area contributed by atoms with Gasteiger partial charge in [0.15, 0.2) is 5.82 Å². The van der Waals surface area contributed by atoms with Gasteiger partial charge in [0.1, 0.15) is 11.2 Å². The number of fused-ring (bicyclic) bond motifs is 5. The molecule has 13 rings (SSSR count). The van der Waals surface area contributed by atoms with Crippen molar-refractivity contribution in [3.63, 3.8) is 0 Å². The van der Waals surface area contributed by atoms with E-state index in [-0.39, 0.29) is 0 Å². The van der Waals surface area contributed by atoms with Crippen LogP contribution in [0.15, 0.2) is 199 Å². The summed E-state index contributed by atoms with van der Waals surface area (Å²) < 4.78 is 6.55. The fourth-order valence-electron chi connectivity index (χ4n) is 9.79. The quantitative estimate of drug-likeness (QED) is 0.168. The van der Waals surface area contributed by atoms with Gasteiger partial charge in [0.2, 0.25) is 0 Å². The number of hydrogen-bond acceptors (Lipinski definition) is 3. The summed E-state index contributed by atoms with van der Waals surface area (Å²) in [5, 5.41) is 17.4. The van der Waals surface area contributed by atoms with E-state index in [1.807, 2.05) is 30.3 Å². The second-order valence-electron chi connectivity index (χ2n) is 15.6. The average molecular weight is 749 g/mol. The van der Waals surface area contributed by atoms with Gasteiger partial charge in [-0.05, 0) is 106 Å². The highest BCUT2D eigenvalue weighted by atomic mass is 16.3. The molecule has 0 saturated carbocycles. The van der Waals surface area contributed by atoms with Crippen LogP contribution >= 0.6 is 0 Å². The summed E-state index contributed by atoms with van der Waals surface area (Å²) in [5.41, 5.74) is 8.52. The predicted molar refractivity (Wildman–Crippen MR) is 247 cm³/mol. The second kappa shape index (κ2) is 12.3. The number of nitrogens with zero attached hydrogens (tertiary/aromatic N) is 2. The van der Waals surface area contributed by atoms with Gasteiger partial charge in [-0.2, -0.15) is 0 Å². The zero-order valence-corrected chi connectivity index (χ0v) is 31.8. The van der Waals surface area contributed by atoms with Crippen molar-refractivity contribution >= 4 is 86.6 Å². The molecule has 0 N–H and O–H groups in total. The van der Waals surface area contributed by atoms with Crippen LogP contribution in [0.2, 0.25) is 0 Å². The van der Waals surface area contributed by atoms with E-state index in [1.165, 1.54) is 64.6 Å². The summed E-state index contributed by atoms with van der Waals surface area (Å²) >= 11 is 0. The summed E-state index contributed by atoms with van der Waals surface area (Å²) in [6.45, 7) is 0. The summed E-state index contributed by atoms with van der Waals surface area (Å²) in [4.78, 5) is 10.6. The molecule has 0 spiro atoms. The maximum Gasteiger partial charge on any atom is 0.160 e. The van der Waals surface area contributed by atoms with Crippen LogP contribution in [0.3, 0.4) is 0 Å². The van der Waals surface area contributed by atoms with Crippen molar-refractivity contribution in [2.45, 2.75) is 0 Å². The molecule has 0 bridgehead atoms. The van der Waals surface area contributed by atoms with E-state index in [1.54, 1.807) is 0 Å². The number of hydrogen-bond donors (Lipinski definition) is 0. The van der Waals surface area contributed by atoms with Crippen molar-refractivity contribution in [3.05, 3.63) is 194 Å². The molecule has 3 nitrogen and oxygen atoms in total. The Hall–Kier alpha value is -7.88. The van der Waals surface area contributed by atoms with Crippen molar-refractivity contribution in [1.82, 2.24) is 9.97 Å². The van der Waals surface area contributed by atoms with Crippen molar-refractivity contribution in [2.24, 2.45) is 0 Å². The van der Waals surface area contributed by atoms with Gasteiger partial charge >= 0.3 is 0 Å². The molecule has 59 heavy (non-hydrogen) atoms. The molecule has 0 fully saturated rings. The van der Waals surface area contributed by atoms with Crippen LogP contribution in [0.25, 0.3) is 132 Å². The summed E-state index contributed by atoms with van der Waals surface area (Å²) in [7, 11) is 0. The molecule has 13 aromatic rings. The van der Waals surface area contributed by atoms with Gasteiger partial charge in [-0.3, -0.25) is 0 Å². The summed E-state index contributed by atoms with van der Waals surface area (Å²) in [6.07, 6.45) is 0. The van der Waals surface area contributed by atoms with Crippen LogP contribution in [0, 0.1) is 0 Å². The smallest absolute Gasteiger partial charge is 0.160 e. The monoisotopic (exact) mass is 748 g/mol. The number of rotatable bonds is 4. The minimum Gasteiger partial charge on any atom is -0.455 e. The van der Waals surface area contributed by atoms with Gasteiger partial charge < -0.3 is 4.42 Å². The molecule has 0 radical (unpaired) electrons. The lowest BCUT2D eigenvalue weighted by Gasteiger charge is -2.18. The first-order valence-electron chi connectivity index (χ1n) is 20.1. The van der Waals surface area contributed by atoms with Crippen LogP contribution in [0.1, 0.15) is 0 Å². The maximum absolute atomic E-state index is 6.55. The zero-order chi connectivity index (χ0) is 38.6. The molecule has 11 aromatic carbocycles. The third kappa shape index (κ3) is 4.76.